The molecule has 1 atom stereocenters. The lowest BCUT2D eigenvalue weighted by molar-refractivity contribution is -0.128. The molecule has 3 aromatic rings. The Labute approximate surface area is 162 Å². The van der Waals surface area contributed by atoms with E-state index in [4.69, 9.17) is 4.52 Å². The summed E-state index contributed by atoms with van der Waals surface area (Å²) in [4.78, 5) is 18.4. The van der Waals surface area contributed by atoms with Crippen LogP contribution in [0.5, 0.6) is 0 Å². The number of amides is 1. The van der Waals surface area contributed by atoms with Crippen molar-refractivity contribution < 1.29 is 18.1 Å². The van der Waals surface area contributed by atoms with Gasteiger partial charge in [0.05, 0.1) is 10.4 Å². The maximum Gasteiger partial charge on any atom is 0.232 e. The van der Waals surface area contributed by atoms with Crippen LogP contribution in [0.4, 0.5) is 8.78 Å². The maximum absolute atomic E-state index is 13.4. The van der Waals surface area contributed by atoms with Gasteiger partial charge in [-0.2, -0.15) is 4.98 Å². The number of benzene rings is 2. The summed E-state index contributed by atoms with van der Waals surface area (Å²) in [5, 5.41) is 3.94. The third-order valence-electron chi connectivity index (χ3n) is 4.47. The Morgan fingerprint density at radius 3 is 2.70 bits per heavy atom. The molecule has 1 aliphatic rings. The Bertz CT molecular complexity index is 991. The van der Waals surface area contributed by atoms with Gasteiger partial charge in [0.25, 0.3) is 0 Å². The van der Waals surface area contributed by atoms with Crippen LogP contribution in [0.1, 0.15) is 23.8 Å². The van der Waals surface area contributed by atoms with Gasteiger partial charge >= 0.3 is 0 Å². The first-order chi connectivity index (χ1) is 13.0. The van der Waals surface area contributed by atoms with Crippen molar-refractivity contribution in [3.05, 3.63) is 70.0 Å². The van der Waals surface area contributed by atoms with E-state index in [0.29, 0.717) is 34.8 Å². The van der Waals surface area contributed by atoms with Crippen LogP contribution in [-0.2, 0) is 11.3 Å². The number of carbonyl (C=O) groups is 1. The van der Waals surface area contributed by atoms with E-state index >= 15 is 0 Å². The van der Waals surface area contributed by atoms with Gasteiger partial charge in [-0.3, -0.25) is 4.79 Å². The van der Waals surface area contributed by atoms with Crippen molar-refractivity contribution in [3.63, 3.8) is 0 Å². The van der Waals surface area contributed by atoms with Gasteiger partial charge < -0.3 is 9.42 Å². The number of likely N-dealkylation sites (tertiary alicyclic amines) is 1. The van der Waals surface area contributed by atoms with E-state index in [2.05, 4.69) is 26.1 Å². The molecule has 1 aliphatic heterocycles. The lowest BCUT2D eigenvalue weighted by Gasteiger charge is -2.15. The van der Waals surface area contributed by atoms with Gasteiger partial charge in [-0.05, 0) is 51.8 Å². The summed E-state index contributed by atoms with van der Waals surface area (Å²) in [7, 11) is 0. The van der Waals surface area contributed by atoms with Crippen LogP contribution < -0.4 is 0 Å². The summed E-state index contributed by atoms with van der Waals surface area (Å²) < 4.78 is 32.0. The summed E-state index contributed by atoms with van der Waals surface area (Å²) in [6, 6.07) is 10.5. The molecule has 1 fully saturated rings. The fourth-order valence-corrected chi connectivity index (χ4v) is 3.43. The van der Waals surface area contributed by atoms with Crippen LogP contribution >= 0.6 is 15.9 Å². The Hall–Kier alpha value is -2.61. The molecule has 1 saturated heterocycles. The molecular formula is C19H14BrF2N3O2. The molecule has 5 nitrogen and oxygen atoms in total. The van der Waals surface area contributed by atoms with Gasteiger partial charge in [0.15, 0.2) is 0 Å². The summed E-state index contributed by atoms with van der Waals surface area (Å²) >= 11 is 3.13. The lowest BCUT2D eigenvalue weighted by Crippen LogP contribution is -2.24. The highest BCUT2D eigenvalue weighted by Gasteiger charge is 2.34. The lowest BCUT2D eigenvalue weighted by atomic mass is 10.1. The first-order valence-electron chi connectivity index (χ1n) is 8.31. The second kappa shape index (κ2) is 7.19. The fraction of sp³-hybridized carbons (Fsp3) is 0.211. The SMILES string of the molecule is O=C1CC(c2nc(-c3ccc(F)c(Br)c3)no2)CN1Cc1ccc(F)cc1. The molecule has 1 unspecified atom stereocenters. The monoisotopic (exact) mass is 433 g/mol. The van der Waals surface area contributed by atoms with Gasteiger partial charge in [0.2, 0.25) is 17.6 Å². The molecule has 0 bridgehead atoms. The van der Waals surface area contributed by atoms with Crippen LogP contribution in [-0.4, -0.2) is 27.5 Å². The predicted molar refractivity (Wildman–Crippen MR) is 96.6 cm³/mol. The van der Waals surface area contributed by atoms with Crippen molar-refractivity contribution >= 4 is 21.8 Å². The van der Waals surface area contributed by atoms with Gasteiger partial charge in [-0.25, -0.2) is 8.78 Å². The van der Waals surface area contributed by atoms with Crippen LogP contribution in [0.2, 0.25) is 0 Å². The largest absolute Gasteiger partial charge is 0.339 e. The minimum Gasteiger partial charge on any atom is -0.339 e. The van der Waals surface area contributed by atoms with Gasteiger partial charge in [0, 0.05) is 25.1 Å². The zero-order valence-electron chi connectivity index (χ0n) is 14.0. The van der Waals surface area contributed by atoms with Crippen molar-refractivity contribution in [2.75, 3.05) is 6.54 Å². The number of hydrogen-bond donors (Lipinski definition) is 0. The van der Waals surface area contributed by atoms with E-state index in [1.54, 1.807) is 29.2 Å². The van der Waals surface area contributed by atoms with E-state index < -0.39 is 0 Å². The average molecular weight is 434 g/mol. The fourth-order valence-electron chi connectivity index (χ4n) is 3.05. The number of aromatic nitrogens is 2. The molecule has 1 aromatic heterocycles. The summed E-state index contributed by atoms with van der Waals surface area (Å²) in [6.07, 6.45) is 0.274. The van der Waals surface area contributed by atoms with Crippen LogP contribution in [0.25, 0.3) is 11.4 Å². The minimum absolute atomic E-state index is 0.0198. The highest BCUT2D eigenvalue weighted by atomic mass is 79.9. The van der Waals surface area contributed by atoms with E-state index in [0.717, 1.165) is 5.56 Å². The third kappa shape index (κ3) is 3.75. The first kappa shape index (κ1) is 17.8. The van der Waals surface area contributed by atoms with Crippen LogP contribution in [0.15, 0.2) is 51.5 Å². The quantitative estimate of drug-likeness (QED) is 0.615. The standard InChI is InChI=1S/C19H14BrF2N3O2/c20-15-7-12(3-6-16(15)22)18-23-19(27-24-18)13-8-17(26)25(10-13)9-11-1-4-14(21)5-2-11/h1-7,13H,8-10H2. The Morgan fingerprint density at radius 2 is 1.96 bits per heavy atom. The summed E-state index contributed by atoms with van der Waals surface area (Å²) in [6.45, 7) is 0.854. The molecule has 0 radical (unpaired) electrons. The molecule has 1 amide bonds. The second-order valence-electron chi connectivity index (χ2n) is 6.39. The smallest absolute Gasteiger partial charge is 0.232 e. The highest BCUT2D eigenvalue weighted by molar-refractivity contribution is 9.10. The third-order valence-corrected chi connectivity index (χ3v) is 5.08. The van der Waals surface area contributed by atoms with Gasteiger partial charge in [0.1, 0.15) is 11.6 Å². The summed E-state index contributed by atoms with van der Waals surface area (Å²) in [5.74, 6) is -0.192. The molecule has 0 aliphatic carbocycles. The van der Waals surface area contributed by atoms with Crippen LogP contribution in [0, 0.1) is 11.6 Å². The van der Waals surface area contributed by atoms with Crippen molar-refractivity contribution in [3.8, 4) is 11.4 Å². The first-order valence-corrected chi connectivity index (χ1v) is 9.10. The molecule has 2 aromatic carbocycles. The molecule has 0 spiro atoms. The maximum atomic E-state index is 13.4. The van der Waals surface area contributed by atoms with Crippen molar-refractivity contribution in [2.24, 2.45) is 0 Å². The van der Waals surface area contributed by atoms with E-state index in [9.17, 15) is 13.6 Å². The van der Waals surface area contributed by atoms with Crippen LogP contribution in [0.3, 0.4) is 0 Å². The molecular weight excluding hydrogens is 420 g/mol. The Balaban J connectivity index is 1.48. The number of halogens is 3. The topological polar surface area (TPSA) is 59.2 Å². The second-order valence-corrected chi connectivity index (χ2v) is 7.24. The Morgan fingerprint density at radius 1 is 1.19 bits per heavy atom. The molecule has 0 N–H and O–H groups in total. The normalized spacial score (nSPS) is 16.9. The van der Waals surface area contributed by atoms with Gasteiger partial charge in [-0.1, -0.05) is 17.3 Å². The summed E-state index contributed by atoms with van der Waals surface area (Å²) in [5.41, 5.74) is 1.47. The number of carbonyl (C=O) groups excluding carboxylic acids is 1. The molecule has 27 heavy (non-hydrogen) atoms. The van der Waals surface area contributed by atoms with Crippen molar-refractivity contribution in [1.82, 2.24) is 15.0 Å². The van der Waals surface area contributed by atoms with E-state index in [1.807, 2.05) is 0 Å². The molecule has 8 heteroatoms. The molecule has 138 valence electrons. The number of nitrogens with zero attached hydrogens (tertiary/aromatic N) is 3. The average Bonchev–Trinajstić information content (AvgIpc) is 3.27. The molecule has 2 heterocycles. The Kier molecular flexibility index (Phi) is 4.73. The molecule has 0 saturated carbocycles. The zero-order valence-corrected chi connectivity index (χ0v) is 15.6. The number of hydrogen-bond acceptors (Lipinski definition) is 4. The number of rotatable bonds is 4. The molecule has 4 rings (SSSR count). The van der Waals surface area contributed by atoms with E-state index in [1.165, 1.54) is 18.2 Å². The van der Waals surface area contributed by atoms with E-state index in [-0.39, 0.29) is 29.9 Å². The van der Waals surface area contributed by atoms with Crippen molar-refractivity contribution in [2.45, 2.75) is 18.9 Å². The predicted octanol–water partition coefficient (Wildman–Crippen LogP) is 4.29. The highest BCUT2D eigenvalue weighted by Crippen LogP contribution is 2.30. The van der Waals surface area contributed by atoms with Gasteiger partial charge in [-0.15, -0.1) is 0 Å². The zero-order chi connectivity index (χ0) is 19.0. The minimum atomic E-state index is -0.375. The van der Waals surface area contributed by atoms with Crippen molar-refractivity contribution in [1.29, 1.82) is 0 Å².